The van der Waals surface area contributed by atoms with E-state index in [2.05, 4.69) is 15.4 Å². The summed E-state index contributed by atoms with van der Waals surface area (Å²) in [4.78, 5) is 28.0. The summed E-state index contributed by atoms with van der Waals surface area (Å²) in [5.74, 6) is -0.605. The summed E-state index contributed by atoms with van der Waals surface area (Å²) < 4.78 is 6.73. The summed E-state index contributed by atoms with van der Waals surface area (Å²) in [6.45, 7) is 0.986. The van der Waals surface area contributed by atoms with Crippen molar-refractivity contribution in [3.63, 3.8) is 0 Å². The summed E-state index contributed by atoms with van der Waals surface area (Å²) in [5.41, 5.74) is 0. The molecule has 1 saturated heterocycles. The monoisotopic (exact) mass is 269 g/mol. The van der Waals surface area contributed by atoms with Crippen LogP contribution in [-0.2, 0) is 16.6 Å². The van der Waals surface area contributed by atoms with Gasteiger partial charge >= 0.3 is 12.0 Å². The molecule has 1 aromatic rings. The first kappa shape index (κ1) is 13.3. The van der Waals surface area contributed by atoms with E-state index in [1.807, 2.05) is 0 Å². The highest BCUT2D eigenvalue weighted by Gasteiger charge is 2.26. The molecule has 2 heterocycles. The number of rotatable bonds is 3. The molecule has 0 aromatic carbocycles. The number of aromatic nitrogens is 3. The highest BCUT2D eigenvalue weighted by atomic mass is 16.5. The van der Waals surface area contributed by atoms with Crippen LogP contribution in [0.5, 0.6) is 0 Å². The number of amides is 2. The summed E-state index contributed by atoms with van der Waals surface area (Å²) in [5, 5.41) is 15.2. The van der Waals surface area contributed by atoms with Crippen LogP contribution in [0, 0.1) is 0 Å². The number of urea groups is 1. The second kappa shape index (κ2) is 5.65. The predicted molar refractivity (Wildman–Crippen MR) is 63.6 cm³/mol. The Morgan fingerprint density at radius 3 is 3.05 bits per heavy atom. The number of nitrogens with zero attached hydrogens (tertiary/aromatic N) is 4. The quantitative estimate of drug-likeness (QED) is 0.767. The second-order valence-electron chi connectivity index (χ2n) is 4.17. The lowest BCUT2D eigenvalue weighted by Gasteiger charge is -2.32. The fraction of sp³-hybridized carbons (Fsp3) is 0.600. The van der Waals surface area contributed by atoms with Gasteiger partial charge in [0.05, 0.1) is 19.1 Å². The fourth-order valence-corrected chi connectivity index (χ4v) is 1.81. The van der Waals surface area contributed by atoms with Crippen molar-refractivity contribution < 1.29 is 19.4 Å². The van der Waals surface area contributed by atoms with E-state index in [0.29, 0.717) is 19.1 Å². The van der Waals surface area contributed by atoms with Crippen LogP contribution in [0.15, 0.2) is 6.33 Å². The van der Waals surface area contributed by atoms with Gasteiger partial charge in [0.2, 0.25) is 5.95 Å². The van der Waals surface area contributed by atoms with Gasteiger partial charge in [0.1, 0.15) is 6.33 Å². The van der Waals surface area contributed by atoms with Gasteiger partial charge in [0.25, 0.3) is 0 Å². The Bertz CT molecular complexity index is 474. The molecule has 1 aliphatic rings. The standard InChI is InChI=1S/C10H15N5O4/c1-14-9(11-6-12-14)13-10(18)15-2-3-19-7(5-15)4-8(16)17/h6-7H,2-5H2,1H3,(H,16,17)(H,11,12,13,18). The van der Waals surface area contributed by atoms with E-state index in [0.717, 1.165) is 0 Å². The molecule has 2 rings (SSSR count). The lowest BCUT2D eigenvalue weighted by Crippen LogP contribution is -2.48. The number of ether oxygens (including phenoxy) is 1. The molecule has 9 nitrogen and oxygen atoms in total. The third-order valence-corrected chi connectivity index (χ3v) is 2.76. The van der Waals surface area contributed by atoms with Crippen molar-refractivity contribution in [2.24, 2.45) is 7.05 Å². The molecule has 9 heteroatoms. The molecule has 1 aromatic heterocycles. The van der Waals surface area contributed by atoms with Crippen LogP contribution in [0.1, 0.15) is 6.42 Å². The maximum atomic E-state index is 12.0. The summed E-state index contributed by atoms with van der Waals surface area (Å²) in [6.07, 6.45) is 0.743. The van der Waals surface area contributed by atoms with E-state index in [9.17, 15) is 9.59 Å². The number of aliphatic carboxylic acids is 1. The van der Waals surface area contributed by atoms with Crippen molar-refractivity contribution in [2.45, 2.75) is 12.5 Å². The average molecular weight is 269 g/mol. The minimum atomic E-state index is -0.944. The third-order valence-electron chi connectivity index (χ3n) is 2.76. The normalized spacial score (nSPS) is 19.2. The number of anilines is 1. The molecular formula is C10H15N5O4. The number of carbonyl (C=O) groups is 2. The van der Waals surface area contributed by atoms with Crippen LogP contribution in [0.3, 0.4) is 0 Å². The average Bonchev–Trinajstić information content (AvgIpc) is 2.74. The Kier molecular flexibility index (Phi) is 3.95. The van der Waals surface area contributed by atoms with Crippen LogP contribution in [0.2, 0.25) is 0 Å². The Labute approximate surface area is 109 Å². The van der Waals surface area contributed by atoms with Crippen molar-refractivity contribution in [2.75, 3.05) is 25.0 Å². The Morgan fingerprint density at radius 1 is 1.63 bits per heavy atom. The zero-order valence-corrected chi connectivity index (χ0v) is 10.4. The van der Waals surface area contributed by atoms with Gasteiger partial charge in [-0.25, -0.2) is 9.48 Å². The van der Waals surface area contributed by atoms with E-state index in [-0.39, 0.29) is 19.0 Å². The topological polar surface area (TPSA) is 110 Å². The number of morpholine rings is 1. The second-order valence-corrected chi connectivity index (χ2v) is 4.17. The molecule has 0 radical (unpaired) electrons. The predicted octanol–water partition coefficient (Wildman–Crippen LogP) is -0.477. The van der Waals surface area contributed by atoms with Crippen molar-refractivity contribution in [3.8, 4) is 0 Å². The highest BCUT2D eigenvalue weighted by Crippen LogP contribution is 2.10. The molecule has 0 aliphatic carbocycles. The first-order chi connectivity index (χ1) is 9.06. The van der Waals surface area contributed by atoms with E-state index in [4.69, 9.17) is 9.84 Å². The number of aryl methyl sites for hydroxylation is 1. The van der Waals surface area contributed by atoms with Gasteiger partial charge in [0, 0.05) is 20.1 Å². The molecule has 19 heavy (non-hydrogen) atoms. The van der Waals surface area contributed by atoms with Gasteiger partial charge in [-0.15, -0.1) is 0 Å². The Balaban J connectivity index is 1.92. The number of carbonyl (C=O) groups excluding carboxylic acids is 1. The summed E-state index contributed by atoms with van der Waals surface area (Å²) >= 11 is 0. The first-order valence-electron chi connectivity index (χ1n) is 5.79. The van der Waals surface area contributed by atoms with Crippen molar-refractivity contribution in [1.82, 2.24) is 19.7 Å². The van der Waals surface area contributed by atoms with Gasteiger partial charge in [-0.3, -0.25) is 10.1 Å². The van der Waals surface area contributed by atoms with Gasteiger partial charge in [-0.1, -0.05) is 0 Å². The maximum absolute atomic E-state index is 12.0. The molecule has 1 fully saturated rings. The lowest BCUT2D eigenvalue weighted by atomic mass is 10.2. The Hall–Kier alpha value is -2.16. The number of hydrogen-bond acceptors (Lipinski definition) is 5. The highest BCUT2D eigenvalue weighted by molar-refractivity contribution is 5.87. The molecule has 1 aliphatic heterocycles. The van der Waals surface area contributed by atoms with Crippen LogP contribution in [0.4, 0.5) is 10.7 Å². The number of hydrogen-bond donors (Lipinski definition) is 2. The van der Waals surface area contributed by atoms with E-state index in [1.54, 1.807) is 7.05 Å². The van der Waals surface area contributed by atoms with Crippen LogP contribution in [0.25, 0.3) is 0 Å². The van der Waals surface area contributed by atoms with Crippen molar-refractivity contribution in [3.05, 3.63) is 6.33 Å². The van der Waals surface area contributed by atoms with E-state index >= 15 is 0 Å². The molecular weight excluding hydrogens is 254 g/mol. The molecule has 0 saturated carbocycles. The van der Waals surface area contributed by atoms with Gasteiger partial charge in [-0.05, 0) is 0 Å². The summed E-state index contributed by atoms with van der Waals surface area (Å²) in [6, 6.07) is -0.338. The fourth-order valence-electron chi connectivity index (χ4n) is 1.81. The van der Waals surface area contributed by atoms with Gasteiger partial charge < -0.3 is 14.7 Å². The first-order valence-corrected chi connectivity index (χ1v) is 5.79. The van der Waals surface area contributed by atoms with E-state index in [1.165, 1.54) is 15.9 Å². The number of carboxylic acids is 1. The number of nitrogens with one attached hydrogen (secondary N) is 1. The molecule has 1 atom stereocenters. The smallest absolute Gasteiger partial charge is 0.324 e. The molecule has 2 N–H and O–H groups in total. The SMILES string of the molecule is Cn1ncnc1NC(=O)N1CCOC(CC(=O)O)C1. The van der Waals surface area contributed by atoms with E-state index < -0.39 is 12.1 Å². The zero-order chi connectivity index (χ0) is 13.8. The maximum Gasteiger partial charge on any atom is 0.324 e. The van der Waals surface area contributed by atoms with Crippen LogP contribution < -0.4 is 5.32 Å². The Morgan fingerprint density at radius 2 is 2.42 bits per heavy atom. The minimum absolute atomic E-state index is 0.117. The van der Waals surface area contributed by atoms with Gasteiger partial charge in [-0.2, -0.15) is 10.1 Å². The van der Waals surface area contributed by atoms with Crippen molar-refractivity contribution >= 4 is 17.9 Å². The molecule has 0 bridgehead atoms. The third kappa shape index (κ3) is 3.41. The number of carboxylic acid groups (broad SMARTS) is 1. The molecule has 0 spiro atoms. The van der Waals surface area contributed by atoms with Crippen molar-refractivity contribution in [1.29, 1.82) is 0 Å². The van der Waals surface area contributed by atoms with Crippen LogP contribution >= 0.6 is 0 Å². The molecule has 1 unspecified atom stereocenters. The lowest BCUT2D eigenvalue weighted by molar-refractivity contribution is -0.141. The molecule has 2 amide bonds. The minimum Gasteiger partial charge on any atom is -0.481 e. The summed E-state index contributed by atoms with van der Waals surface area (Å²) in [7, 11) is 1.66. The largest absolute Gasteiger partial charge is 0.481 e. The van der Waals surface area contributed by atoms with Crippen LogP contribution in [-0.4, -0.2) is 62.6 Å². The zero-order valence-electron chi connectivity index (χ0n) is 10.4. The van der Waals surface area contributed by atoms with Gasteiger partial charge in [0.15, 0.2) is 0 Å². The molecule has 104 valence electrons.